The molecule has 0 heterocycles. The van der Waals surface area contributed by atoms with E-state index in [1.165, 1.54) is 12.1 Å². The zero-order valence-electron chi connectivity index (χ0n) is 11.1. The lowest BCUT2D eigenvalue weighted by Crippen LogP contribution is -2.57. The monoisotopic (exact) mass is 272 g/mol. The van der Waals surface area contributed by atoms with Crippen molar-refractivity contribution in [3.8, 4) is 0 Å². The Kier molecular flexibility index (Phi) is 3.76. The van der Waals surface area contributed by atoms with Gasteiger partial charge in [-0.15, -0.1) is 0 Å². The number of nitrogen functional groups attached to an aromatic ring is 1. The van der Waals surface area contributed by atoms with Gasteiger partial charge in [-0.2, -0.15) is 0 Å². The van der Waals surface area contributed by atoms with Crippen molar-refractivity contribution >= 4 is 15.7 Å². The molecule has 0 unspecified atom stereocenters. The Morgan fingerprint density at radius 2 is 1.78 bits per heavy atom. The van der Waals surface area contributed by atoms with E-state index in [-0.39, 0.29) is 4.90 Å². The van der Waals surface area contributed by atoms with Crippen LogP contribution in [-0.2, 0) is 10.0 Å². The van der Waals surface area contributed by atoms with Crippen LogP contribution in [0.15, 0.2) is 29.2 Å². The lowest BCUT2D eigenvalue weighted by atomic mass is 9.87. The second-order valence-corrected chi connectivity index (χ2v) is 7.04. The molecule has 0 radical (unpaired) electrons. The largest absolute Gasteiger partial charge is 0.399 e. The van der Waals surface area contributed by atoms with Gasteiger partial charge >= 0.3 is 0 Å². The minimum Gasteiger partial charge on any atom is -0.399 e. The van der Waals surface area contributed by atoms with Crippen molar-refractivity contribution in [1.82, 2.24) is 4.72 Å². The lowest BCUT2D eigenvalue weighted by Gasteiger charge is -2.37. The summed E-state index contributed by atoms with van der Waals surface area (Å²) in [5, 5.41) is 9.96. The Bertz CT molecular complexity index is 530. The van der Waals surface area contributed by atoms with Crippen molar-refractivity contribution < 1.29 is 13.5 Å². The van der Waals surface area contributed by atoms with Crippen molar-refractivity contribution in [2.24, 2.45) is 0 Å². The standard InChI is InChI=1S/C12H20N2O3S/c1-11(2,12(3,4)15)14-18(16,17)10-7-5-6-9(13)8-10/h5-8,14-15H,13H2,1-4H3. The average Bonchev–Trinajstić information content (AvgIpc) is 2.14. The smallest absolute Gasteiger partial charge is 0.241 e. The van der Waals surface area contributed by atoms with Gasteiger partial charge in [0.25, 0.3) is 0 Å². The Balaban J connectivity index is 3.11. The van der Waals surface area contributed by atoms with Crippen LogP contribution in [0.25, 0.3) is 0 Å². The third-order valence-electron chi connectivity index (χ3n) is 3.09. The van der Waals surface area contributed by atoms with E-state index in [0.29, 0.717) is 5.69 Å². The number of benzene rings is 1. The average molecular weight is 272 g/mol. The topological polar surface area (TPSA) is 92.4 Å². The van der Waals surface area contributed by atoms with Crippen molar-refractivity contribution in [3.05, 3.63) is 24.3 Å². The Labute approximate surface area is 108 Å². The molecule has 0 aliphatic rings. The minimum absolute atomic E-state index is 0.0832. The molecule has 0 amide bonds. The van der Waals surface area contributed by atoms with E-state index >= 15 is 0 Å². The summed E-state index contributed by atoms with van der Waals surface area (Å²) < 4.78 is 26.8. The number of nitrogens with one attached hydrogen (secondary N) is 1. The van der Waals surface area contributed by atoms with Crippen molar-refractivity contribution in [2.75, 3.05) is 5.73 Å². The fourth-order valence-corrected chi connectivity index (χ4v) is 2.79. The number of aliphatic hydroxyl groups is 1. The van der Waals surface area contributed by atoms with Crippen LogP contribution in [-0.4, -0.2) is 24.7 Å². The van der Waals surface area contributed by atoms with Gasteiger partial charge in [-0.3, -0.25) is 0 Å². The maximum absolute atomic E-state index is 12.2. The SMILES string of the molecule is CC(C)(O)C(C)(C)NS(=O)(=O)c1cccc(N)c1. The molecule has 6 heteroatoms. The number of sulfonamides is 1. The zero-order valence-corrected chi connectivity index (χ0v) is 11.9. The first-order valence-electron chi connectivity index (χ1n) is 5.58. The van der Waals surface area contributed by atoms with E-state index in [9.17, 15) is 13.5 Å². The van der Waals surface area contributed by atoms with Crippen molar-refractivity contribution in [2.45, 2.75) is 43.7 Å². The summed E-state index contributed by atoms with van der Waals surface area (Å²) in [6.07, 6.45) is 0. The quantitative estimate of drug-likeness (QED) is 0.716. The van der Waals surface area contributed by atoms with Gasteiger partial charge in [-0.1, -0.05) is 6.07 Å². The summed E-state index contributed by atoms with van der Waals surface area (Å²) in [7, 11) is -3.71. The first-order chi connectivity index (χ1) is 7.96. The number of anilines is 1. The molecule has 1 rings (SSSR count). The summed E-state index contributed by atoms with van der Waals surface area (Å²) in [5.74, 6) is 0. The Morgan fingerprint density at radius 1 is 1.22 bits per heavy atom. The first kappa shape index (κ1) is 14.9. The molecule has 0 bridgehead atoms. The molecule has 0 fully saturated rings. The molecule has 0 saturated carbocycles. The van der Waals surface area contributed by atoms with Gasteiger partial charge in [0.1, 0.15) is 0 Å². The van der Waals surface area contributed by atoms with Crippen LogP contribution in [0.5, 0.6) is 0 Å². The van der Waals surface area contributed by atoms with Gasteiger partial charge in [-0.25, -0.2) is 13.1 Å². The summed E-state index contributed by atoms with van der Waals surface area (Å²) in [5.41, 5.74) is 3.74. The van der Waals surface area contributed by atoms with Gasteiger partial charge < -0.3 is 10.8 Å². The molecule has 102 valence electrons. The molecule has 0 aromatic heterocycles. The third-order valence-corrected chi connectivity index (χ3v) is 4.74. The van der Waals surface area contributed by atoms with Gasteiger partial charge in [0, 0.05) is 5.69 Å². The van der Waals surface area contributed by atoms with Crippen LogP contribution in [0.3, 0.4) is 0 Å². The van der Waals surface area contributed by atoms with Crippen molar-refractivity contribution in [1.29, 1.82) is 0 Å². The number of hydrogen-bond donors (Lipinski definition) is 3. The van der Waals surface area contributed by atoms with E-state index < -0.39 is 21.2 Å². The highest BCUT2D eigenvalue weighted by Gasteiger charge is 2.38. The van der Waals surface area contributed by atoms with E-state index in [2.05, 4.69) is 4.72 Å². The maximum atomic E-state index is 12.2. The number of hydrogen-bond acceptors (Lipinski definition) is 4. The third kappa shape index (κ3) is 3.22. The molecule has 5 nitrogen and oxygen atoms in total. The highest BCUT2D eigenvalue weighted by atomic mass is 32.2. The summed E-state index contributed by atoms with van der Waals surface area (Å²) in [4.78, 5) is 0.0832. The fourth-order valence-electron chi connectivity index (χ4n) is 1.20. The van der Waals surface area contributed by atoms with E-state index in [1.54, 1.807) is 39.8 Å². The molecule has 0 saturated heterocycles. The predicted octanol–water partition coefficient (Wildman–Crippen LogP) is 1.10. The van der Waals surface area contributed by atoms with Gasteiger partial charge in [0.15, 0.2) is 0 Å². The lowest BCUT2D eigenvalue weighted by molar-refractivity contribution is 0.00639. The number of nitrogens with two attached hydrogens (primary N) is 1. The molecule has 0 aliphatic carbocycles. The van der Waals surface area contributed by atoms with Gasteiger partial charge in [0.2, 0.25) is 10.0 Å². The molecule has 1 aromatic rings. The van der Waals surface area contributed by atoms with Crippen molar-refractivity contribution in [3.63, 3.8) is 0 Å². The Hall–Kier alpha value is -1.11. The second-order valence-electron chi connectivity index (χ2n) is 5.36. The van der Waals surface area contributed by atoms with E-state index in [1.807, 2.05) is 0 Å². The molecule has 0 aliphatic heterocycles. The van der Waals surface area contributed by atoms with Crippen LogP contribution < -0.4 is 10.5 Å². The highest BCUT2D eigenvalue weighted by molar-refractivity contribution is 7.89. The molecular weight excluding hydrogens is 252 g/mol. The molecule has 4 N–H and O–H groups in total. The van der Waals surface area contributed by atoms with Crippen LogP contribution in [0, 0.1) is 0 Å². The second kappa shape index (κ2) is 4.53. The summed E-state index contributed by atoms with van der Waals surface area (Å²) in [6, 6.07) is 6.02. The molecule has 0 spiro atoms. The first-order valence-corrected chi connectivity index (χ1v) is 7.06. The number of rotatable bonds is 4. The maximum Gasteiger partial charge on any atom is 0.241 e. The fraction of sp³-hybridized carbons (Fsp3) is 0.500. The molecule has 18 heavy (non-hydrogen) atoms. The van der Waals surface area contributed by atoms with Gasteiger partial charge in [0.05, 0.1) is 16.0 Å². The molecule has 0 atom stereocenters. The van der Waals surface area contributed by atoms with Crippen LogP contribution >= 0.6 is 0 Å². The highest BCUT2D eigenvalue weighted by Crippen LogP contribution is 2.24. The Morgan fingerprint density at radius 3 is 2.22 bits per heavy atom. The minimum atomic E-state index is -3.71. The normalized spacial score (nSPS) is 13.6. The van der Waals surface area contributed by atoms with Crippen LogP contribution in [0.1, 0.15) is 27.7 Å². The van der Waals surface area contributed by atoms with E-state index in [4.69, 9.17) is 5.73 Å². The predicted molar refractivity (Wildman–Crippen MR) is 71.6 cm³/mol. The summed E-state index contributed by atoms with van der Waals surface area (Å²) >= 11 is 0. The molecule has 1 aromatic carbocycles. The summed E-state index contributed by atoms with van der Waals surface area (Å²) in [6.45, 7) is 6.34. The zero-order chi connectivity index (χ0) is 14.2. The van der Waals surface area contributed by atoms with Crippen LogP contribution in [0.2, 0.25) is 0 Å². The van der Waals surface area contributed by atoms with E-state index in [0.717, 1.165) is 0 Å². The van der Waals surface area contributed by atoms with Gasteiger partial charge in [-0.05, 0) is 45.9 Å². The van der Waals surface area contributed by atoms with Crippen LogP contribution in [0.4, 0.5) is 5.69 Å². The molecular formula is C12H20N2O3S.